The number of ether oxygens (including phenoxy) is 1. The van der Waals surface area contributed by atoms with Gasteiger partial charge in [0.1, 0.15) is 17.9 Å². The number of hydrogen-bond donors (Lipinski definition) is 1. The van der Waals surface area contributed by atoms with Gasteiger partial charge in [-0.15, -0.1) is 0 Å². The molecule has 0 spiro atoms. The summed E-state index contributed by atoms with van der Waals surface area (Å²) in [5, 5.41) is 2.62. The van der Waals surface area contributed by atoms with Crippen molar-refractivity contribution in [1.82, 2.24) is 20.0 Å². The maximum absolute atomic E-state index is 13.9. The molecular weight excluding hydrogens is 782 g/mol. The summed E-state index contributed by atoms with van der Waals surface area (Å²) >= 11 is 6.32. The second kappa shape index (κ2) is 14.9. The number of carbonyl (C=O) groups excluding carboxylic acids is 5. The molecule has 3 aromatic rings. The maximum atomic E-state index is 13.9. The average molecular weight is 832 g/mol. The Hall–Kier alpha value is -5.45. The number of nitrogens with one attached hydrogen (secondary N) is 1. The van der Waals surface area contributed by atoms with E-state index in [1.165, 1.54) is 5.69 Å². The van der Waals surface area contributed by atoms with E-state index in [-0.39, 0.29) is 41.7 Å². The van der Waals surface area contributed by atoms with Crippen LogP contribution in [-0.2, 0) is 16.1 Å². The third-order valence-corrected chi connectivity index (χ3v) is 14.2. The molecular formula is C46H50ClN7O6. The van der Waals surface area contributed by atoms with Crippen LogP contribution in [0.4, 0.5) is 17.1 Å². The van der Waals surface area contributed by atoms with Crippen LogP contribution in [0.2, 0.25) is 5.02 Å². The summed E-state index contributed by atoms with van der Waals surface area (Å²) in [6.07, 6.45) is 2.24. The van der Waals surface area contributed by atoms with E-state index >= 15 is 0 Å². The largest absolute Gasteiger partial charge is 0.489 e. The van der Waals surface area contributed by atoms with Gasteiger partial charge in [-0.3, -0.25) is 39.1 Å². The van der Waals surface area contributed by atoms with Gasteiger partial charge in [0, 0.05) is 92.6 Å². The minimum absolute atomic E-state index is 0.0324. The molecule has 1 unspecified atom stereocenters. The number of fused-ring (bicyclic) bond motifs is 2. The Labute approximate surface area is 355 Å². The number of carbonyl (C=O) groups is 5. The lowest BCUT2D eigenvalue weighted by atomic mass is 9.49. The highest BCUT2D eigenvalue weighted by Crippen LogP contribution is 2.59. The molecule has 3 aromatic carbocycles. The molecule has 5 aliphatic heterocycles. The van der Waals surface area contributed by atoms with Gasteiger partial charge in [-0.1, -0.05) is 45.4 Å². The summed E-state index contributed by atoms with van der Waals surface area (Å²) in [6.45, 7) is 22.9. The first-order valence-electron chi connectivity index (χ1n) is 21.0. The van der Waals surface area contributed by atoms with E-state index in [1.54, 1.807) is 30.3 Å². The van der Waals surface area contributed by atoms with Gasteiger partial charge in [0.2, 0.25) is 17.5 Å². The molecule has 1 saturated carbocycles. The highest BCUT2D eigenvalue weighted by Gasteiger charge is 2.67. The fraction of sp³-hybridized carbons (Fsp3) is 0.478. The lowest BCUT2D eigenvalue weighted by Crippen LogP contribution is -2.74. The molecule has 1 N–H and O–H groups in total. The van der Waals surface area contributed by atoms with Gasteiger partial charge in [-0.25, -0.2) is 4.85 Å². The topological polar surface area (TPSA) is 127 Å². The predicted octanol–water partition coefficient (Wildman–Crippen LogP) is 6.17. The van der Waals surface area contributed by atoms with E-state index in [9.17, 15) is 24.0 Å². The van der Waals surface area contributed by atoms with Crippen molar-refractivity contribution < 1.29 is 28.7 Å². The molecule has 4 fully saturated rings. The number of anilines is 2. The minimum Gasteiger partial charge on any atom is -0.489 e. The second-order valence-corrected chi connectivity index (χ2v) is 18.8. The van der Waals surface area contributed by atoms with Gasteiger partial charge < -0.3 is 19.4 Å². The first kappa shape index (κ1) is 40.0. The third kappa shape index (κ3) is 6.68. The molecule has 1 aliphatic carbocycles. The van der Waals surface area contributed by atoms with E-state index in [0.29, 0.717) is 40.0 Å². The van der Waals surface area contributed by atoms with Crippen LogP contribution in [0.1, 0.15) is 90.0 Å². The highest BCUT2D eigenvalue weighted by atomic mass is 35.5. The summed E-state index contributed by atoms with van der Waals surface area (Å²) in [7, 11) is 0. The number of rotatable bonds is 8. The molecule has 0 bridgehead atoms. The Morgan fingerprint density at radius 2 is 1.42 bits per heavy atom. The quantitative estimate of drug-likeness (QED) is 0.210. The number of nitrogens with zero attached hydrogens (tertiary/aromatic N) is 6. The van der Waals surface area contributed by atoms with E-state index in [4.69, 9.17) is 22.9 Å². The van der Waals surface area contributed by atoms with Gasteiger partial charge >= 0.3 is 0 Å². The number of benzene rings is 3. The highest BCUT2D eigenvalue weighted by molar-refractivity contribution is 6.33. The predicted molar refractivity (Wildman–Crippen MR) is 226 cm³/mol. The van der Waals surface area contributed by atoms with Gasteiger partial charge in [0.05, 0.1) is 22.7 Å². The van der Waals surface area contributed by atoms with E-state index in [1.807, 2.05) is 17.0 Å². The maximum Gasteiger partial charge on any atom is 0.262 e. The number of halogens is 1. The number of hydrogen-bond acceptors (Lipinski definition) is 9. The number of amides is 5. The normalized spacial score (nSPS) is 25.2. The van der Waals surface area contributed by atoms with Crippen LogP contribution >= 0.6 is 11.6 Å². The molecule has 3 saturated heterocycles. The van der Waals surface area contributed by atoms with Gasteiger partial charge in [0.15, 0.2) is 0 Å². The Morgan fingerprint density at radius 3 is 2.08 bits per heavy atom. The van der Waals surface area contributed by atoms with Crippen molar-refractivity contribution in [1.29, 1.82) is 0 Å². The van der Waals surface area contributed by atoms with Crippen LogP contribution in [0.3, 0.4) is 0 Å². The number of piperazine rings is 1. The molecule has 9 rings (SSSR count). The monoisotopic (exact) mass is 831 g/mol. The van der Waals surface area contributed by atoms with Crippen LogP contribution < -0.4 is 19.9 Å². The summed E-state index contributed by atoms with van der Waals surface area (Å²) in [5.74, 6) is -0.692. The van der Waals surface area contributed by atoms with Gasteiger partial charge in [0.25, 0.3) is 17.7 Å². The standard InChI is InChI=1S/C46H50ClN7O6/c1-45(2)43(46(3,4)44(45)60-31-8-11-36(48-5)35(47)24-31)53-26-28-22-29(6-9-32(28)40(53)57)51-16-14-27(15-17-51)25-50-18-20-52(21-19-50)30-7-10-33-34(23-30)42(59)54(41(33)58)37-12-13-38(55)49-39(37)56/h6-11,22-24,27,37,43-44H,12-21,25-26H2,1-4H3,(H,49,55,56). The van der Waals surface area contributed by atoms with Crippen molar-refractivity contribution in [3.05, 3.63) is 93.3 Å². The zero-order valence-corrected chi connectivity index (χ0v) is 35.3. The van der Waals surface area contributed by atoms with Crippen molar-refractivity contribution in [2.24, 2.45) is 16.7 Å². The first-order valence-corrected chi connectivity index (χ1v) is 21.4. The zero-order valence-electron chi connectivity index (χ0n) is 34.5. The van der Waals surface area contributed by atoms with Crippen LogP contribution in [0, 0.1) is 23.3 Å². The molecule has 5 amide bonds. The minimum atomic E-state index is -0.975. The molecule has 1 atom stereocenters. The van der Waals surface area contributed by atoms with E-state index < -0.39 is 29.7 Å². The van der Waals surface area contributed by atoms with E-state index in [0.717, 1.165) is 80.4 Å². The molecule has 0 radical (unpaired) electrons. The molecule has 6 aliphatic rings. The molecule has 13 nitrogen and oxygen atoms in total. The molecule has 14 heteroatoms. The SMILES string of the molecule is [C-]#[N+]c1ccc(OC2C(C)(C)C(N3Cc4cc(N5CCC(CN6CCN(c7ccc8c(c7)C(=O)N(C7CCC(=O)NC7=O)C8=O)CC6)CC5)ccc4C3=O)C2(C)C)cc1Cl. The zero-order chi connectivity index (χ0) is 42.2. The van der Waals surface area contributed by atoms with Crippen molar-refractivity contribution in [3.63, 3.8) is 0 Å². The van der Waals surface area contributed by atoms with Crippen molar-refractivity contribution in [2.75, 3.05) is 55.6 Å². The lowest BCUT2D eigenvalue weighted by Gasteiger charge is -2.65. The van der Waals surface area contributed by atoms with Crippen LogP contribution in [0.25, 0.3) is 4.85 Å². The van der Waals surface area contributed by atoms with Crippen LogP contribution in [0.5, 0.6) is 5.75 Å². The van der Waals surface area contributed by atoms with Gasteiger partial charge in [-0.2, -0.15) is 0 Å². The summed E-state index contributed by atoms with van der Waals surface area (Å²) in [6, 6.07) is 15.8. The molecule has 5 heterocycles. The number of imide groups is 2. The molecule has 312 valence electrons. The van der Waals surface area contributed by atoms with Crippen molar-refractivity contribution in [3.8, 4) is 5.75 Å². The van der Waals surface area contributed by atoms with Crippen molar-refractivity contribution >= 4 is 58.2 Å². The summed E-state index contributed by atoms with van der Waals surface area (Å²) in [5.41, 5.74) is 4.25. The first-order chi connectivity index (χ1) is 28.6. The molecule has 60 heavy (non-hydrogen) atoms. The number of piperidine rings is 2. The summed E-state index contributed by atoms with van der Waals surface area (Å²) < 4.78 is 6.51. The lowest BCUT2D eigenvalue weighted by molar-refractivity contribution is -0.199. The smallest absolute Gasteiger partial charge is 0.262 e. The van der Waals surface area contributed by atoms with Crippen LogP contribution in [0.15, 0.2) is 54.6 Å². The fourth-order valence-electron chi connectivity index (χ4n) is 11.3. The Kier molecular flexibility index (Phi) is 9.94. The molecule has 0 aromatic heterocycles. The summed E-state index contributed by atoms with van der Waals surface area (Å²) in [4.78, 5) is 78.3. The fourth-order valence-corrected chi connectivity index (χ4v) is 11.5. The van der Waals surface area contributed by atoms with Gasteiger partial charge in [-0.05, 0) is 79.3 Å². The Morgan fingerprint density at radius 1 is 0.767 bits per heavy atom. The Bertz CT molecular complexity index is 2340. The average Bonchev–Trinajstić information content (AvgIpc) is 3.67. The van der Waals surface area contributed by atoms with Crippen molar-refractivity contribution in [2.45, 2.75) is 78.1 Å². The third-order valence-electron chi connectivity index (χ3n) is 13.9. The second-order valence-electron chi connectivity index (χ2n) is 18.4. The Balaban J connectivity index is 0.766. The van der Waals surface area contributed by atoms with E-state index in [2.05, 4.69) is 64.7 Å². The van der Waals surface area contributed by atoms with Crippen LogP contribution in [-0.4, -0.2) is 108 Å².